The number of aromatic amines is 2. The van der Waals surface area contributed by atoms with Crippen LogP contribution in [-0.4, -0.2) is 32.7 Å². The summed E-state index contributed by atoms with van der Waals surface area (Å²) < 4.78 is 7.89. The largest absolute Gasteiger partial charge is 0.370 e. The fraction of sp³-hybridized carbons (Fsp3) is 0.190. The second-order valence-electron chi connectivity index (χ2n) is 6.77. The van der Waals surface area contributed by atoms with E-state index in [4.69, 9.17) is 17.0 Å². The molecule has 0 aliphatic carbocycles. The lowest BCUT2D eigenvalue weighted by atomic mass is 10.1. The third-order valence-corrected chi connectivity index (χ3v) is 5.27. The van der Waals surface area contributed by atoms with Gasteiger partial charge < -0.3 is 9.72 Å². The number of fused-ring (bicyclic) bond motifs is 1. The zero-order valence-corrected chi connectivity index (χ0v) is 15.9. The Kier molecular flexibility index (Phi) is 4.38. The van der Waals surface area contributed by atoms with Gasteiger partial charge in [0.05, 0.1) is 11.9 Å². The molecule has 0 bridgehead atoms. The summed E-state index contributed by atoms with van der Waals surface area (Å²) in [6, 6.07) is 18.5. The molecule has 0 spiro atoms. The maximum atomic E-state index is 5.76. The molecular weight excluding hydrogens is 370 g/mol. The number of benzene rings is 2. The summed E-state index contributed by atoms with van der Waals surface area (Å²) in [6.45, 7) is 0.745. The molecule has 0 saturated carbocycles. The highest BCUT2D eigenvalue weighted by molar-refractivity contribution is 7.71. The van der Waals surface area contributed by atoms with E-state index in [1.54, 1.807) is 4.68 Å². The molecule has 4 aromatic rings. The van der Waals surface area contributed by atoms with Crippen LogP contribution in [0.1, 0.15) is 30.3 Å². The van der Waals surface area contributed by atoms with Gasteiger partial charge in [-0.3, -0.25) is 5.10 Å². The average Bonchev–Trinajstić information content (AvgIpc) is 3.46. The Morgan fingerprint density at radius 2 is 1.96 bits per heavy atom. The summed E-state index contributed by atoms with van der Waals surface area (Å²) >= 11 is 5.39. The summed E-state index contributed by atoms with van der Waals surface area (Å²) in [7, 11) is 0. The van der Waals surface area contributed by atoms with Gasteiger partial charge in [0.2, 0.25) is 4.77 Å². The molecular formula is C21H19N5OS. The highest BCUT2D eigenvalue weighted by Gasteiger charge is 2.23. The number of nitrogens with zero attached hydrogens (tertiary/aromatic N) is 3. The molecule has 1 atom stereocenters. The molecule has 3 heterocycles. The Hall–Kier alpha value is -3.03. The van der Waals surface area contributed by atoms with E-state index in [9.17, 15) is 0 Å². The first-order valence-electron chi connectivity index (χ1n) is 9.30. The van der Waals surface area contributed by atoms with Gasteiger partial charge in [-0.05, 0) is 36.7 Å². The van der Waals surface area contributed by atoms with Crippen molar-refractivity contribution in [2.75, 3.05) is 6.61 Å². The quantitative estimate of drug-likeness (QED) is 0.388. The van der Waals surface area contributed by atoms with Crippen LogP contribution in [0.4, 0.5) is 0 Å². The van der Waals surface area contributed by atoms with Gasteiger partial charge in [0.25, 0.3) is 0 Å². The highest BCUT2D eigenvalue weighted by atomic mass is 32.1. The number of para-hydroxylation sites is 1. The minimum absolute atomic E-state index is 0.0679. The predicted molar refractivity (Wildman–Crippen MR) is 112 cm³/mol. The first-order valence-corrected chi connectivity index (χ1v) is 9.71. The van der Waals surface area contributed by atoms with Crippen molar-refractivity contribution in [3.8, 4) is 11.3 Å². The molecule has 2 aromatic carbocycles. The van der Waals surface area contributed by atoms with Crippen molar-refractivity contribution in [1.82, 2.24) is 19.9 Å². The Morgan fingerprint density at radius 3 is 2.79 bits per heavy atom. The number of hydrogen-bond acceptors (Lipinski definition) is 4. The van der Waals surface area contributed by atoms with Crippen molar-refractivity contribution in [2.24, 2.45) is 5.10 Å². The first kappa shape index (κ1) is 17.1. The number of aromatic nitrogens is 4. The standard InChI is InChI=1S/C21H19N5OS/c28-21-25-24-20(18-11-6-12-27-18)26(21)22-13-16-15-9-4-5-10-17(15)23-19(16)14-7-2-1-3-8-14/h1-5,7-10,13,18,23H,6,11-12H2,(H,25,28)/b22-13+/t18-/m1/s1. The van der Waals surface area contributed by atoms with Crippen LogP contribution in [-0.2, 0) is 4.74 Å². The van der Waals surface area contributed by atoms with Crippen LogP contribution in [0.5, 0.6) is 0 Å². The smallest absolute Gasteiger partial charge is 0.216 e. The average molecular weight is 389 g/mol. The second-order valence-corrected chi connectivity index (χ2v) is 7.16. The molecule has 0 amide bonds. The first-order chi connectivity index (χ1) is 13.8. The number of rotatable bonds is 4. The second kappa shape index (κ2) is 7.18. The lowest BCUT2D eigenvalue weighted by Crippen LogP contribution is -2.05. The third-order valence-electron chi connectivity index (χ3n) is 5.00. The minimum atomic E-state index is -0.0679. The van der Waals surface area contributed by atoms with Gasteiger partial charge in [-0.1, -0.05) is 48.5 Å². The van der Waals surface area contributed by atoms with Crippen LogP contribution >= 0.6 is 12.2 Å². The number of H-pyrrole nitrogens is 2. The lowest BCUT2D eigenvalue weighted by Gasteiger charge is -2.07. The van der Waals surface area contributed by atoms with E-state index in [0.29, 0.717) is 4.77 Å². The van der Waals surface area contributed by atoms with Gasteiger partial charge in [0.1, 0.15) is 6.10 Å². The fourth-order valence-corrected chi connectivity index (χ4v) is 3.84. The summed E-state index contributed by atoms with van der Waals surface area (Å²) in [6.07, 6.45) is 3.73. The number of ether oxygens (including phenoxy) is 1. The van der Waals surface area contributed by atoms with Gasteiger partial charge in [-0.15, -0.1) is 0 Å². The Balaban J connectivity index is 1.63. The SMILES string of the molecule is S=c1[nH]nc([C@H]2CCCO2)n1/N=C/c1c(-c2ccccc2)[nH]c2ccccc12. The van der Waals surface area contributed by atoms with Crippen LogP contribution in [0.2, 0.25) is 0 Å². The van der Waals surface area contributed by atoms with Crippen molar-refractivity contribution in [3.05, 3.63) is 70.8 Å². The summed E-state index contributed by atoms with van der Waals surface area (Å²) in [5.74, 6) is 0.722. The zero-order chi connectivity index (χ0) is 18.9. The fourth-order valence-electron chi connectivity index (χ4n) is 3.65. The molecule has 2 aromatic heterocycles. The zero-order valence-electron chi connectivity index (χ0n) is 15.1. The van der Waals surface area contributed by atoms with Gasteiger partial charge >= 0.3 is 0 Å². The third kappa shape index (κ3) is 2.98. The molecule has 6 nitrogen and oxygen atoms in total. The highest BCUT2D eigenvalue weighted by Crippen LogP contribution is 2.30. The van der Waals surface area contributed by atoms with Crippen molar-refractivity contribution in [1.29, 1.82) is 0 Å². The van der Waals surface area contributed by atoms with E-state index in [-0.39, 0.29) is 6.10 Å². The summed E-state index contributed by atoms with van der Waals surface area (Å²) in [5.41, 5.74) is 4.22. The van der Waals surface area contributed by atoms with E-state index in [2.05, 4.69) is 44.5 Å². The predicted octanol–water partition coefficient (Wildman–Crippen LogP) is 4.82. The van der Waals surface area contributed by atoms with Gasteiger partial charge in [0.15, 0.2) is 5.82 Å². The Morgan fingerprint density at radius 1 is 1.14 bits per heavy atom. The van der Waals surface area contributed by atoms with E-state index in [1.165, 1.54) is 0 Å². The number of nitrogens with one attached hydrogen (secondary N) is 2. The molecule has 140 valence electrons. The molecule has 1 saturated heterocycles. The number of hydrogen-bond donors (Lipinski definition) is 2. The van der Waals surface area contributed by atoms with Crippen LogP contribution in [0.15, 0.2) is 59.7 Å². The molecule has 0 unspecified atom stereocenters. The van der Waals surface area contributed by atoms with Crippen molar-refractivity contribution in [3.63, 3.8) is 0 Å². The van der Waals surface area contributed by atoms with Crippen molar-refractivity contribution < 1.29 is 4.74 Å². The topological polar surface area (TPSA) is 71.0 Å². The van der Waals surface area contributed by atoms with Crippen LogP contribution in [0.3, 0.4) is 0 Å². The van der Waals surface area contributed by atoms with Crippen LogP contribution in [0, 0.1) is 4.77 Å². The molecule has 1 fully saturated rings. The van der Waals surface area contributed by atoms with E-state index < -0.39 is 0 Å². The van der Waals surface area contributed by atoms with E-state index >= 15 is 0 Å². The summed E-state index contributed by atoms with van der Waals surface area (Å²) in [5, 5.41) is 13.0. The van der Waals surface area contributed by atoms with Crippen LogP contribution in [0.25, 0.3) is 22.2 Å². The Labute approximate surface area is 166 Å². The lowest BCUT2D eigenvalue weighted by molar-refractivity contribution is 0.102. The minimum Gasteiger partial charge on any atom is -0.370 e. The van der Waals surface area contributed by atoms with Gasteiger partial charge in [-0.25, -0.2) is 0 Å². The van der Waals surface area contributed by atoms with E-state index in [0.717, 1.165) is 53.0 Å². The molecule has 5 rings (SSSR count). The normalized spacial score (nSPS) is 17.1. The maximum absolute atomic E-state index is 5.76. The molecule has 28 heavy (non-hydrogen) atoms. The maximum Gasteiger partial charge on any atom is 0.216 e. The van der Waals surface area contributed by atoms with Crippen LogP contribution < -0.4 is 0 Å². The molecule has 2 N–H and O–H groups in total. The van der Waals surface area contributed by atoms with Crippen molar-refractivity contribution >= 4 is 29.3 Å². The molecule has 7 heteroatoms. The summed E-state index contributed by atoms with van der Waals surface area (Å²) in [4.78, 5) is 3.52. The van der Waals surface area contributed by atoms with Gasteiger partial charge in [-0.2, -0.15) is 14.9 Å². The van der Waals surface area contributed by atoms with Crippen molar-refractivity contribution in [2.45, 2.75) is 18.9 Å². The van der Waals surface area contributed by atoms with E-state index in [1.807, 2.05) is 36.5 Å². The molecule has 0 radical (unpaired) electrons. The molecule has 1 aliphatic heterocycles. The Bertz CT molecular complexity index is 1200. The molecule has 1 aliphatic rings. The van der Waals surface area contributed by atoms with Gasteiger partial charge in [0, 0.05) is 23.1 Å². The monoisotopic (exact) mass is 389 g/mol.